The van der Waals surface area contributed by atoms with Gasteiger partial charge >= 0.3 is 5.97 Å². The standard InChI is InChI=1S/C9H5BrClN3O2/c10-5-1-7(9(15)16)8(12-2-5)14-4-6(11)3-13-14/h1-4H,(H,15,16). The zero-order chi connectivity index (χ0) is 11.7. The first-order chi connectivity index (χ1) is 7.58. The molecule has 0 spiro atoms. The van der Waals surface area contributed by atoms with E-state index in [0.29, 0.717) is 9.50 Å². The van der Waals surface area contributed by atoms with Gasteiger partial charge in [-0.15, -0.1) is 0 Å². The summed E-state index contributed by atoms with van der Waals surface area (Å²) in [5.74, 6) is -0.849. The second-order valence-corrected chi connectivity index (χ2v) is 4.29. The van der Waals surface area contributed by atoms with Gasteiger partial charge in [0, 0.05) is 10.7 Å². The smallest absolute Gasteiger partial charge is 0.339 e. The maximum absolute atomic E-state index is 11.0. The Bertz CT molecular complexity index is 555. The largest absolute Gasteiger partial charge is 0.478 e. The summed E-state index contributed by atoms with van der Waals surface area (Å²) in [4.78, 5) is 15.0. The number of aromatic nitrogens is 3. The van der Waals surface area contributed by atoms with Crippen LogP contribution in [0.25, 0.3) is 5.82 Å². The molecule has 2 aromatic rings. The van der Waals surface area contributed by atoms with Gasteiger partial charge in [-0.25, -0.2) is 14.5 Å². The Hall–Kier alpha value is -1.40. The van der Waals surface area contributed by atoms with E-state index in [-0.39, 0.29) is 11.4 Å². The Balaban J connectivity index is 2.60. The summed E-state index contributed by atoms with van der Waals surface area (Å²) in [7, 11) is 0. The first-order valence-corrected chi connectivity index (χ1v) is 5.34. The third-order valence-corrected chi connectivity index (χ3v) is 2.46. The van der Waals surface area contributed by atoms with Crippen LogP contribution in [0.4, 0.5) is 0 Å². The van der Waals surface area contributed by atoms with Crippen LogP contribution >= 0.6 is 27.5 Å². The second-order valence-electron chi connectivity index (χ2n) is 2.93. The lowest BCUT2D eigenvalue weighted by atomic mass is 10.2. The van der Waals surface area contributed by atoms with Crippen molar-refractivity contribution in [3.05, 3.63) is 39.7 Å². The molecule has 0 fully saturated rings. The quantitative estimate of drug-likeness (QED) is 0.925. The van der Waals surface area contributed by atoms with Gasteiger partial charge in [-0.2, -0.15) is 5.10 Å². The number of carboxylic acids is 1. The number of pyridine rings is 1. The van der Waals surface area contributed by atoms with Gasteiger partial charge in [0.25, 0.3) is 0 Å². The van der Waals surface area contributed by atoms with Gasteiger partial charge < -0.3 is 5.11 Å². The molecule has 0 aromatic carbocycles. The minimum atomic E-state index is -1.07. The molecule has 0 unspecified atom stereocenters. The number of hydrogen-bond donors (Lipinski definition) is 1. The molecule has 2 aromatic heterocycles. The van der Waals surface area contributed by atoms with Crippen molar-refractivity contribution in [1.82, 2.24) is 14.8 Å². The molecule has 16 heavy (non-hydrogen) atoms. The molecular weight excluding hydrogens is 297 g/mol. The van der Waals surface area contributed by atoms with E-state index in [4.69, 9.17) is 16.7 Å². The molecule has 0 aliphatic heterocycles. The molecule has 0 bridgehead atoms. The fourth-order valence-corrected chi connectivity index (χ4v) is 1.66. The molecule has 0 saturated heterocycles. The van der Waals surface area contributed by atoms with Crippen molar-refractivity contribution in [3.8, 4) is 5.82 Å². The van der Waals surface area contributed by atoms with Gasteiger partial charge in [0.05, 0.1) is 17.4 Å². The summed E-state index contributed by atoms with van der Waals surface area (Å²) in [5, 5.41) is 13.3. The lowest BCUT2D eigenvalue weighted by Crippen LogP contribution is -2.08. The van der Waals surface area contributed by atoms with Crippen molar-refractivity contribution < 1.29 is 9.90 Å². The number of rotatable bonds is 2. The van der Waals surface area contributed by atoms with E-state index in [2.05, 4.69) is 26.0 Å². The number of hydrogen-bond acceptors (Lipinski definition) is 3. The van der Waals surface area contributed by atoms with Gasteiger partial charge in [-0.1, -0.05) is 11.6 Å². The Morgan fingerprint density at radius 2 is 2.25 bits per heavy atom. The van der Waals surface area contributed by atoms with Gasteiger partial charge in [-0.05, 0) is 22.0 Å². The van der Waals surface area contributed by atoms with Crippen molar-refractivity contribution in [3.63, 3.8) is 0 Å². The predicted molar refractivity (Wildman–Crippen MR) is 61.0 cm³/mol. The molecule has 0 aliphatic rings. The van der Waals surface area contributed by atoms with Crippen molar-refractivity contribution in [2.24, 2.45) is 0 Å². The summed E-state index contributed by atoms with van der Waals surface area (Å²) in [6.07, 6.45) is 4.40. The van der Waals surface area contributed by atoms with Gasteiger partial charge in [0.1, 0.15) is 5.56 Å². The third kappa shape index (κ3) is 2.07. The molecule has 82 valence electrons. The number of halogens is 2. The second kappa shape index (κ2) is 4.23. The summed E-state index contributed by atoms with van der Waals surface area (Å²) < 4.78 is 1.91. The monoisotopic (exact) mass is 301 g/mol. The first-order valence-electron chi connectivity index (χ1n) is 4.17. The topological polar surface area (TPSA) is 68.0 Å². The fourth-order valence-electron chi connectivity index (χ4n) is 1.19. The normalized spacial score (nSPS) is 10.4. The molecule has 0 amide bonds. The average Bonchev–Trinajstić information content (AvgIpc) is 2.64. The molecule has 1 N–H and O–H groups in total. The van der Waals surface area contributed by atoms with Gasteiger partial charge in [0.2, 0.25) is 0 Å². The Labute approximate surface area is 104 Å². The van der Waals surface area contributed by atoms with E-state index in [1.165, 1.54) is 29.3 Å². The molecule has 7 heteroatoms. The zero-order valence-corrected chi connectivity index (χ0v) is 10.1. The highest BCUT2D eigenvalue weighted by Gasteiger charge is 2.14. The fraction of sp³-hybridized carbons (Fsp3) is 0. The van der Waals surface area contributed by atoms with Crippen LogP contribution in [0, 0.1) is 0 Å². The molecule has 5 nitrogen and oxygen atoms in total. The maximum atomic E-state index is 11.0. The molecule has 2 rings (SSSR count). The zero-order valence-electron chi connectivity index (χ0n) is 7.76. The van der Waals surface area contributed by atoms with Crippen molar-refractivity contribution in [2.45, 2.75) is 0 Å². The van der Waals surface area contributed by atoms with Crippen molar-refractivity contribution in [1.29, 1.82) is 0 Å². The van der Waals surface area contributed by atoms with E-state index in [9.17, 15) is 4.79 Å². The Kier molecular flexibility index (Phi) is 2.93. The van der Waals surface area contributed by atoms with Gasteiger partial charge in [0.15, 0.2) is 5.82 Å². The van der Waals surface area contributed by atoms with Crippen LogP contribution in [-0.4, -0.2) is 25.8 Å². The average molecular weight is 303 g/mol. The van der Waals surface area contributed by atoms with Crippen LogP contribution in [0.3, 0.4) is 0 Å². The minimum absolute atomic E-state index is 0.0501. The van der Waals surface area contributed by atoms with Crippen molar-refractivity contribution >= 4 is 33.5 Å². The van der Waals surface area contributed by atoms with Crippen LogP contribution < -0.4 is 0 Å². The minimum Gasteiger partial charge on any atom is -0.478 e. The molecule has 0 saturated carbocycles. The number of carboxylic acid groups (broad SMARTS) is 1. The number of carbonyl (C=O) groups is 1. The van der Waals surface area contributed by atoms with Crippen LogP contribution in [0.2, 0.25) is 5.02 Å². The Morgan fingerprint density at radius 1 is 1.50 bits per heavy atom. The first kappa shape index (κ1) is 11.1. The lowest BCUT2D eigenvalue weighted by molar-refractivity contribution is 0.0696. The van der Waals surface area contributed by atoms with E-state index in [1.54, 1.807) is 0 Å². The molecular formula is C9H5BrClN3O2. The van der Waals surface area contributed by atoms with E-state index in [0.717, 1.165) is 0 Å². The van der Waals surface area contributed by atoms with Crippen LogP contribution in [0.1, 0.15) is 10.4 Å². The molecule has 2 heterocycles. The molecule has 0 aliphatic carbocycles. The van der Waals surface area contributed by atoms with E-state index < -0.39 is 5.97 Å². The van der Waals surface area contributed by atoms with Gasteiger partial charge in [-0.3, -0.25) is 0 Å². The highest BCUT2D eigenvalue weighted by atomic mass is 79.9. The predicted octanol–water partition coefficient (Wildman–Crippen LogP) is 2.38. The van der Waals surface area contributed by atoms with Crippen LogP contribution in [0.15, 0.2) is 29.1 Å². The highest BCUT2D eigenvalue weighted by Crippen LogP contribution is 2.18. The molecule has 0 radical (unpaired) electrons. The Morgan fingerprint density at radius 3 is 2.81 bits per heavy atom. The lowest BCUT2D eigenvalue weighted by Gasteiger charge is -2.04. The maximum Gasteiger partial charge on any atom is 0.339 e. The van der Waals surface area contributed by atoms with Crippen LogP contribution in [-0.2, 0) is 0 Å². The van der Waals surface area contributed by atoms with E-state index in [1.807, 2.05) is 0 Å². The summed E-state index contributed by atoms with van der Waals surface area (Å²) >= 11 is 8.87. The number of aromatic carboxylic acids is 1. The summed E-state index contributed by atoms with van der Waals surface area (Å²) in [6, 6.07) is 1.46. The summed E-state index contributed by atoms with van der Waals surface area (Å²) in [6.45, 7) is 0. The van der Waals surface area contributed by atoms with E-state index >= 15 is 0 Å². The van der Waals surface area contributed by atoms with Crippen LogP contribution in [0.5, 0.6) is 0 Å². The summed E-state index contributed by atoms with van der Waals surface area (Å²) in [5.41, 5.74) is 0.0501. The third-order valence-electron chi connectivity index (χ3n) is 1.83. The SMILES string of the molecule is O=C(O)c1cc(Br)cnc1-n1cc(Cl)cn1. The molecule has 0 atom stereocenters. The number of nitrogens with zero attached hydrogens (tertiary/aromatic N) is 3. The van der Waals surface area contributed by atoms with Crippen molar-refractivity contribution in [2.75, 3.05) is 0 Å². The highest BCUT2D eigenvalue weighted by molar-refractivity contribution is 9.10.